The molecule has 2 heterocycles. The highest BCUT2D eigenvalue weighted by Gasteiger charge is 2.39. The second-order valence-corrected chi connectivity index (χ2v) is 6.96. The highest BCUT2D eigenvalue weighted by molar-refractivity contribution is 7.89. The van der Waals surface area contributed by atoms with E-state index in [1.54, 1.807) is 13.1 Å². The maximum Gasteiger partial charge on any atom is 0.262 e. The first kappa shape index (κ1) is 15.8. The number of nitrogens with zero attached hydrogens (tertiary/aromatic N) is 4. The lowest BCUT2D eigenvalue weighted by molar-refractivity contribution is 0.311. The van der Waals surface area contributed by atoms with Crippen LogP contribution in [0.1, 0.15) is 32.0 Å². The van der Waals surface area contributed by atoms with Crippen LogP contribution in [0, 0.1) is 6.92 Å². The number of imidazole rings is 1. The second-order valence-electron chi connectivity index (χ2n) is 5.12. The largest absolute Gasteiger partial charge is 0.409 e. The number of hydrogen-bond acceptors (Lipinski definition) is 5. The van der Waals surface area contributed by atoms with Gasteiger partial charge in [-0.05, 0) is 26.2 Å². The van der Waals surface area contributed by atoms with Gasteiger partial charge in [0.1, 0.15) is 5.82 Å². The van der Waals surface area contributed by atoms with Crippen molar-refractivity contribution in [2.45, 2.75) is 50.7 Å². The molecule has 0 radical (unpaired) electrons. The molecule has 3 N–H and O–H groups in total. The molecular weight excluding hydrogens is 294 g/mol. The third kappa shape index (κ3) is 2.88. The predicted molar refractivity (Wildman–Crippen MR) is 77.6 cm³/mol. The summed E-state index contributed by atoms with van der Waals surface area (Å²) in [6.07, 6.45) is 3.67. The molecule has 1 atom stereocenters. The van der Waals surface area contributed by atoms with Crippen LogP contribution in [0.25, 0.3) is 0 Å². The lowest BCUT2D eigenvalue weighted by Crippen LogP contribution is -2.43. The van der Waals surface area contributed by atoms with E-state index in [1.807, 2.05) is 11.5 Å². The van der Waals surface area contributed by atoms with Gasteiger partial charge in [-0.3, -0.25) is 0 Å². The van der Waals surface area contributed by atoms with Crippen LogP contribution in [0.4, 0.5) is 0 Å². The topological polar surface area (TPSA) is 114 Å². The van der Waals surface area contributed by atoms with Crippen molar-refractivity contribution in [3.63, 3.8) is 0 Å². The Kier molecular flexibility index (Phi) is 4.52. The Labute approximate surface area is 124 Å². The summed E-state index contributed by atoms with van der Waals surface area (Å²) in [6, 6.07) is -0.600. The number of oxime groups is 1. The van der Waals surface area contributed by atoms with Crippen molar-refractivity contribution in [1.29, 1.82) is 0 Å². The molecule has 118 valence electrons. The quantitative estimate of drug-likeness (QED) is 0.355. The Morgan fingerprint density at radius 2 is 2.33 bits per heavy atom. The Morgan fingerprint density at radius 3 is 2.95 bits per heavy atom. The number of nitrogens with two attached hydrogens (primary N) is 1. The van der Waals surface area contributed by atoms with Crippen LogP contribution in [0.2, 0.25) is 0 Å². The third-order valence-corrected chi connectivity index (χ3v) is 5.43. The van der Waals surface area contributed by atoms with Gasteiger partial charge in [0.25, 0.3) is 10.0 Å². The molecule has 0 aliphatic carbocycles. The highest BCUT2D eigenvalue weighted by atomic mass is 32.2. The molecule has 1 aliphatic heterocycles. The van der Waals surface area contributed by atoms with Crippen LogP contribution >= 0.6 is 0 Å². The van der Waals surface area contributed by atoms with Gasteiger partial charge in [0.2, 0.25) is 0 Å². The molecule has 1 aromatic rings. The molecule has 9 heteroatoms. The van der Waals surface area contributed by atoms with E-state index in [9.17, 15) is 8.42 Å². The number of hydrogen-bond donors (Lipinski definition) is 2. The van der Waals surface area contributed by atoms with E-state index in [1.165, 1.54) is 4.31 Å². The Morgan fingerprint density at radius 1 is 1.62 bits per heavy atom. The Hall–Kier alpha value is -1.61. The minimum Gasteiger partial charge on any atom is -0.409 e. The summed E-state index contributed by atoms with van der Waals surface area (Å²) >= 11 is 0. The van der Waals surface area contributed by atoms with Crippen molar-refractivity contribution < 1.29 is 13.6 Å². The van der Waals surface area contributed by atoms with Gasteiger partial charge >= 0.3 is 0 Å². The molecule has 1 aliphatic rings. The van der Waals surface area contributed by atoms with E-state index in [4.69, 9.17) is 10.9 Å². The summed E-state index contributed by atoms with van der Waals surface area (Å²) in [5.41, 5.74) is 5.59. The zero-order chi connectivity index (χ0) is 15.6. The van der Waals surface area contributed by atoms with E-state index in [-0.39, 0.29) is 10.9 Å². The van der Waals surface area contributed by atoms with Crippen LogP contribution < -0.4 is 5.73 Å². The smallest absolute Gasteiger partial charge is 0.262 e. The Bertz CT molecular complexity index is 637. The van der Waals surface area contributed by atoms with Gasteiger partial charge in [0.15, 0.2) is 10.9 Å². The third-order valence-electron chi connectivity index (χ3n) is 3.65. The van der Waals surface area contributed by atoms with E-state index in [2.05, 4.69) is 10.1 Å². The summed E-state index contributed by atoms with van der Waals surface area (Å²) in [5, 5.41) is 11.8. The molecule has 0 amide bonds. The van der Waals surface area contributed by atoms with Gasteiger partial charge in [-0.2, -0.15) is 4.31 Å². The average Bonchev–Trinajstić information content (AvgIpc) is 3.06. The van der Waals surface area contributed by atoms with Gasteiger partial charge in [0.05, 0.1) is 6.04 Å². The summed E-state index contributed by atoms with van der Waals surface area (Å²) in [7, 11) is -3.73. The van der Waals surface area contributed by atoms with Crippen molar-refractivity contribution in [3.8, 4) is 0 Å². The van der Waals surface area contributed by atoms with Crippen LogP contribution in [-0.2, 0) is 16.6 Å². The summed E-state index contributed by atoms with van der Waals surface area (Å²) in [5.74, 6) is 0.579. The summed E-state index contributed by atoms with van der Waals surface area (Å²) in [6.45, 7) is 4.86. The zero-order valence-electron chi connectivity index (χ0n) is 12.2. The van der Waals surface area contributed by atoms with E-state index in [0.717, 1.165) is 13.0 Å². The van der Waals surface area contributed by atoms with E-state index >= 15 is 0 Å². The van der Waals surface area contributed by atoms with Crippen molar-refractivity contribution in [2.24, 2.45) is 10.9 Å². The average molecular weight is 315 g/mol. The predicted octanol–water partition coefficient (Wildman–Crippen LogP) is 0.501. The van der Waals surface area contributed by atoms with Crippen molar-refractivity contribution in [3.05, 3.63) is 12.0 Å². The van der Waals surface area contributed by atoms with Crippen molar-refractivity contribution in [2.75, 3.05) is 6.54 Å². The molecule has 0 aromatic carbocycles. The molecular formula is C12H21N5O3S. The number of sulfonamides is 1. The summed E-state index contributed by atoms with van der Waals surface area (Å²) in [4.78, 5) is 4.16. The lowest BCUT2D eigenvalue weighted by Gasteiger charge is -2.21. The van der Waals surface area contributed by atoms with Crippen molar-refractivity contribution >= 4 is 15.9 Å². The fourth-order valence-electron chi connectivity index (χ4n) is 2.58. The van der Waals surface area contributed by atoms with E-state index < -0.39 is 16.1 Å². The Balaban J connectivity index is 2.35. The van der Waals surface area contributed by atoms with Crippen LogP contribution in [0.5, 0.6) is 0 Å². The van der Waals surface area contributed by atoms with Crippen LogP contribution in [0.15, 0.2) is 16.4 Å². The minimum atomic E-state index is -3.73. The first-order valence-corrected chi connectivity index (χ1v) is 8.38. The number of aromatic nitrogens is 2. The summed E-state index contributed by atoms with van der Waals surface area (Å²) < 4.78 is 28.5. The number of amidine groups is 1. The first-order chi connectivity index (χ1) is 9.91. The van der Waals surface area contributed by atoms with Gasteiger partial charge in [0, 0.05) is 19.3 Å². The molecule has 2 rings (SSSR count). The van der Waals surface area contributed by atoms with Gasteiger partial charge < -0.3 is 15.5 Å². The molecule has 0 spiro atoms. The lowest BCUT2D eigenvalue weighted by atomic mass is 10.2. The normalized spacial score (nSPS) is 21.0. The van der Waals surface area contributed by atoms with Crippen molar-refractivity contribution in [1.82, 2.24) is 13.9 Å². The standard InChI is InChI=1S/C12H21N5O3S/c1-3-6-16-8-11(14-9(16)2)21(19,20)17-7-4-5-10(17)12(13)15-18/h8,10,18H,3-7H2,1-2H3,(H2,13,15). The fourth-order valence-corrected chi connectivity index (χ4v) is 4.25. The molecule has 1 fully saturated rings. The monoisotopic (exact) mass is 315 g/mol. The SMILES string of the molecule is CCCn1cc(S(=O)(=O)N2CCCC2C(N)=NO)nc1C. The second kappa shape index (κ2) is 6.02. The van der Waals surface area contributed by atoms with Gasteiger partial charge in [-0.1, -0.05) is 12.1 Å². The van der Waals surface area contributed by atoms with E-state index in [0.29, 0.717) is 25.2 Å². The maximum atomic E-state index is 12.7. The molecule has 1 unspecified atom stereocenters. The van der Waals surface area contributed by atoms with Gasteiger partial charge in [-0.25, -0.2) is 13.4 Å². The number of aryl methyl sites for hydroxylation is 2. The van der Waals surface area contributed by atoms with Crippen LogP contribution in [-0.4, -0.2) is 45.9 Å². The van der Waals surface area contributed by atoms with Crippen LogP contribution in [0.3, 0.4) is 0 Å². The first-order valence-electron chi connectivity index (χ1n) is 6.94. The molecule has 21 heavy (non-hydrogen) atoms. The number of rotatable bonds is 5. The molecule has 1 saturated heterocycles. The molecule has 0 bridgehead atoms. The van der Waals surface area contributed by atoms with Gasteiger partial charge in [-0.15, -0.1) is 0 Å². The molecule has 0 saturated carbocycles. The highest BCUT2D eigenvalue weighted by Crippen LogP contribution is 2.25. The molecule has 8 nitrogen and oxygen atoms in total. The minimum absolute atomic E-state index is 0.0195. The zero-order valence-corrected chi connectivity index (χ0v) is 13.0. The maximum absolute atomic E-state index is 12.7. The molecule has 1 aromatic heterocycles. The fraction of sp³-hybridized carbons (Fsp3) is 0.667.